The monoisotopic (exact) mass is 353 g/mol. The van der Waals surface area contributed by atoms with E-state index in [4.69, 9.17) is 0 Å². The Labute approximate surface area is 157 Å². The Kier molecular flexibility index (Phi) is 5.24. The minimum atomic E-state index is -0.0366. The summed E-state index contributed by atoms with van der Waals surface area (Å²) in [5.41, 5.74) is 1.24. The molecule has 1 saturated heterocycles. The summed E-state index contributed by atoms with van der Waals surface area (Å²) in [5, 5.41) is 5.61. The van der Waals surface area contributed by atoms with Gasteiger partial charge in [0, 0.05) is 19.6 Å². The number of nitrogens with zero attached hydrogens (tertiary/aromatic N) is 2. The van der Waals surface area contributed by atoms with Crippen LogP contribution in [0.1, 0.15) is 38.8 Å². The van der Waals surface area contributed by atoms with E-state index >= 15 is 0 Å². The van der Waals surface area contributed by atoms with Gasteiger partial charge in [-0.2, -0.15) is 0 Å². The first-order valence-electron chi connectivity index (χ1n) is 9.49. The number of carbonyl (C=O) groups is 1. The normalized spacial score (nSPS) is 21.3. The number of urea groups is 1. The second-order valence-corrected chi connectivity index (χ2v) is 8.38. The second-order valence-electron chi connectivity index (χ2n) is 8.38. The first kappa shape index (κ1) is 18.7. The highest BCUT2D eigenvalue weighted by atomic mass is 16.2. The lowest BCUT2D eigenvalue weighted by Gasteiger charge is -2.47. The summed E-state index contributed by atoms with van der Waals surface area (Å²) in [6, 6.07) is 14.8. The van der Waals surface area contributed by atoms with Gasteiger partial charge in [-0.3, -0.25) is 0 Å². The molecule has 0 spiro atoms. The molecule has 1 N–H and O–H groups in total. The molecule has 0 saturated carbocycles. The summed E-state index contributed by atoms with van der Waals surface area (Å²) in [6.07, 6.45) is 1.01. The van der Waals surface area contributed by atoms with Gasteiger partial charge in [-0.05, 0) is 48.7 Å². The number of likely N-dealkylation sites (tertiary alicyclic amines) is 1. The molecule has 0 aromatic heterocycles. The van der Waals surface area contributed by atoms with E-state index in [9.17, 15) is 4.79 Å². The number of piperidine rings is 1. The highest BCUT2D eigenvalue weighted by Gasteiger charge is 2.38. The zero-order valence-electron chi connectivity index (χ0n) is 16.6. The third kappa shape index (κ3) is 3.70. The van der Waals surface area contributed by atoms with Crippen molar-refractivity contribution in [2.45, 2.75) is 39.3 Å². The van der Waals surface area contributed by atoms with Crippen LogP contribution in [0.4, 0.5) is 4.79 Å². The molecule has 2 aromatic carbocycles. The molecule has 0 unspecified atom stereocenters. The molecule has 1 heterocycles. The Morgan fingerprint density at radius 3 is 2.65 bits per heavy atom. The first-order chi connectivity index (χ1) is 12.3. The van der Waals surface area contributed by atoms with Crippen LogP contribution in [0.3, 0.4) is 0 Å². The maximum absolute atomic E-state index is 12.9. The van der Waals surface area contributed by atoms with Crippen molar-refractivity contribution in [1.29, 1.82) is 0 Å². The smallest absolute Gasteiger partial charge is 0.317 e. The summed E-state index contributed by atoms with van der Waals surface area (Å²) in [5.74, 6) is 0. The van der Waals surface area contributed by atoms with Gasteiger partial charge < -0.3 is 15.1 Å². The van der Waals surface area contributed by atoms with Gasteiger partial charge in [0.1, 0.15) is 0 Å². The first-order valence-corrected chi connectivity index (χ1v) is 9.49. The highest BCUT2D eigenvalue weighted by Crippen LogP contribution is 2.32. The standard InChI is InChI=1S/C22H31N3O/c1-16(18-12-8-10-17-9-6-7-11-19(17)18)23-21(26)25(5)20-13-14-24(4)15-22(20,2)3/h6-12,16,20H,13-15H2,1-5H3,(H,23,26)/t16-,20+/m1/s1. The molecular formula is C22H31N3O. The SMILES string of the molecule is C[C@@H](NC(=O)N(C)[C@H]1CCN(C)CC1(C)C)c1cccc2ccccc12. The third-order valence-electron chi connectivity index (χ3n) is 5.78. The fourth-order valence-electron chi connectivity index (χ4n) is 4.47. The van der Waals surface area contributed by atoms with Gasteiger partial charge in [-0.15, -0.1) is 0 Å². The third-order valence-corrected chi connectivity index (χ3v) is 5.78. The molecule has 26 heavy (non-hydrogen) atoms. The minimum absolute atomic E-state index is 0.00747. The molecule has 1 fully saturated rings. The van der Waals surface area contributed by atoms with Gasteiger partial charge in [-0.25, -0.2) is 4.79 Å². The van der Waals surface area contributed by atoms with Crippen LogP contribution < -0.4 is 5.32 Å². The van der Waals surface area contributed by atoms with E-state index in [1.165, 1.54) is 10.8 Å². The van der Waals surface area contributed by atoms with Crippen LogP contribution >= 0.6 is 0 Å². The van der Waals surface area contributed by atoms with Crippen molar-refractivity contribution >= 4 is 16.8 Å². The zero-order chi connectivity index (χ0) is 18.9. The van der Waals surface area contributed by atoms with Gasteiger partial charge >= 0.3 is 6.03 Å². The predicted octanol–water partition coefficient (Wildman–Crippen LogP) is 4.27. The van der Waals surface area contributed by atoms with Crippen molar-refractivity contribution < 1.29 is 4.79 Å². The molecule has 140 valence electrons. The molecule has 0 radical (unpaired) electrons. The lowest BCUT2D eigenvalue weighted by atomic mass is 9.78. The molecule has 2 atom stereocenters. The summed E-state index contributed by atoms with van der Waals surface area (Å²) >= 11 is 0. The van der Waals surface area contributed by atoms with Crippen molar-refractivity contribution in [3.05, 3.63) is 48.0 Å². The highest BCUT2D eigenvalue weighted by molar-refractivity contribution is 5.86. The molecule has 2 aromatic rings. The number of nitrogens with one attached hydrogen (secondary N) is 1. The van der Waals surface area contributed by atoms with Crippen molar-refractivity contribution in [3.63, 3.8) is 0 Å². The Bertz CT molecular complexity index is 781. The average molecular weight is 354 g/mol. The number of hydrogen-bond donors (Lipinski definition) is 1. The molecule has 1 aliphatic rings. The number of carbonyl (C=O) groups excluding carboxylic acids is 1. The number of benzene rings is 2. The molecule has 0 aliphatic carbocycles. The van der Waals surface area contributed by atoms with Gasteiger partial charge in [0.25, 0.3) is 0 Å². The number of fused-ring (bicyclic) bond motifs is 1. The van der Waals surface area contributed by atoms with E-state index in [1.54, 1.807) is 0 Å². The average Bonchev–Trinajstić information content (AvgIpc) is 2.59. The van der Waals surface area contributed by atoms with E-state index in [0.717, 1.165) is 25.1 Å². The lowest BCUT2D eigenvalue weighted by molar-refractivity contribution is 0.0446. The molecule has 3 rings (SSSR count). The Balaban J connectivity index is 1.74. The van der Waals surface area contributed by atoms with Crippen LogP contribution in [0, 0.1) is 5.41 Å². The van der Waals surface area contributed by atoms with Crippen molar-refractivity contribution in [1.82, 2.24) is 15.1 Å². The Morgan fingerprint density at radius 1 is 1.23 bits per heavy atom. The lowest BCUT2D eigenvalue weighted by Crippen LogP contribution is -2.57. The summed E-state index contributed by atoms with van der Waals surface area (Å²) < 4.78 is 0. The number of hydrogen-bond acceptors (Lipinski definition) is 2. The minimum Gasteiger partial charge on any atom is -0.331 e. The quantitative estimate of drug-likeness (QED) is 0.894. The molecular weight excluding hydrogens is 322 g/mol. The van der Waals surface area contributed by atoms with Crippen molar-refractivity contribution in [3.8, 4) is 0 Å². The van der Waals surface area contributed by atoms with E-state index in [1.807, 2.05) is 24.1 Å². The van der Waals surface area contributed by atoms with E-state index in [0.29, 0.717) is 0 Å². The fraction of sp³-hybridized carbons (Fsp3) is 0.500. The van der Waals surface area contributed by atoms with Crippen LogP contribution in [0.15, 0.2) is 42.5 Å². The van der Waals surface area contributed by atoms with E-state index in [-0.39, 0.29) is 23.5 Å². The number of rotatable bonds is 3. The summed E-state index contributed by atoms with van der Waals surface area (Å²) in [6.45, 7) is 8.61. The molecule has 1 aliphatic heterocycles. The Hall–Kier alpha value is -2.07. The van der Waals surface area contributed by atoms with Gasteiger partial charge in [0.15, 0.2) is 0 Å². The van der Waals surface area contributed by atoms with Gasteiger partial charge in [-0.1, -0.05) is 56.3 Å². The Morgan fingerprint density at radius 2 is 1.92 bits per heavy atom. The van der Waals surface area contributed by atoms with Crippen LogP contribution in [0.25, 0.3) is 10.8 Å². The van der Waals surface area contributed by atoms with E-state index in [2.05, 4.69) is 68.4 Å². The van der Waals surface area contributed by atoms with Gasteiger partial charge in [0.05, 0.1) is 6.04 Å². The molecule has 2 amide bonds. The largest absolute Gasteiger partial charge is 0.331 e. The van der Waals surface area contributed by atoms with Crippen LogP contribution in [-0.4, -0.2) is 49.1 Å². The molecule has 4 heteroatoms. The van der Waals surface area contributed by atoms with Crippen LogP contribution in [0.2, 0.25) is 0 Å². The predicted molar refractivity (Wildman–Crippen MR) is 108 cm³/mol. The van der Waals surface area contributed by atoms with Crippen LogP contribution in [-0.2, 0) is 0 Å². The molecule has 4 nitrogen and oxygen atoms in total. The zero-order valence-corrected chi connectivity index (χ0v) is 16.6. The molecule has 0 bridgehead atoms. The maximum Gasteiger partial charge on any atom is 0.317 e. The fourth-order valence-corrected chi connectivity index (χ4v) is 4.47. The van der Waals surface area contributed by atoms with E-state index < -0.39 is 0 Å². The second kappa shape index (κ2) is 7.28. The maximum atomic E-state index is 12.9. The summed E-state index contributed by atoms with van der Waals surface area (Å²) in [7, 11) is 4.09. The van der Waals surface area contributed by atoms with Crippen LogP contribution in [0.5, 0.6) is 0 Å². The topological polar surface area (TPSA) is 35.6 Å². The summed E-state index contributed by atoms with van der Waals surface area (Å²) in [4.78, 5) is 17.2. The van der Waals surface area contributed by atoms with Crippen molar-refractivity contribution in [2.24, 2.45) is 5.41 Å². The number of amides is 2. The van der Waals surface area contributed by atoms with Crippen molar-refractivity contribution in [2.75, 3.05) is 27.2 Å². The van der Waals surface area contributed by atoms with Gasteiger partial charge in [0.2, 0.25) is 0 Å².